The number of aliphatic hydroxyl groups is 2. The molecule has 0 heterocycles. The first kappa shape index (κ1) is 27.5. The van der Waals surface area contributed by atoms with E-state index < -0.39 is 24.3 Å². The molecule has 0 saturated heterocycles. The van der Waals surface area contributed by atoms with Gasteiger partial charge in [0.1, 0.15) is 18.5 Å². The van der Waals surface area contributed by atoms with E-state index in [-0.39, 0.29) is 72.6 Å². The second-order valence-electron chi connectivity index (χ2n) is 7.98. The van der Waals surface area contributed by atoms with Crippen molar-refractivity contribution in [2.45, 2.75) is 70.2 Å². The van der Waals surface area contributed by atoms with Gasteiger partial charge in [-0.3, -0.25) is 4.79 Å². The molecule has 5 atom stereocenters. The van der Waals surface area contributed by atoms with Crippen molar-refractivity contribution in [3.05, 3.63) is 42.0 Å². The Balaban J connectivity index is 0.00000450. The average Bonchev–Trinajstić information content (AvgIpc) is 2.93. The maximum atomic E-state index is 14.3. The zero-order chi connectivity index (χ0) is 21.2. The summed E-state index contributed by atoms with van der Waals surface area (Å²) in [5, 5.41) is 29.2. The largest absolute Gasteiger partial charge is 0.491 e. The normalized spacial score (nSPS) is 24.5. The van der Waals surface area contributed by atoms with Crippen LogP contribution in [0.4, 0.5) is 4.39 Å². The molecule has 1 fully saturated rings. The molecule has 1 radical (unpaired) electrons. The summed E-state index contributed by atoms with van der Waals surface area (Å²) in [6.07, 6.45) is 4.54. The molecule has 30 heavy (non-hydrogen) atoms. The van der Waals surface area contributed by atoms with Gasteiger partial charge < -0.3 is 20.1 Å². The second kappa shape index (κ2) is 14.5. The summed E-state index contributed by atoms with van der Waals surface area (Å²) in [6, 6.07) is 7.49. The van der Waals surface area contributed by atoms with Crippen LogP contribution in [0.15, 0.2) is 36.4 Å². The maximum absolute atomic E-state index is 14.3. The molecule has 3 N–H and O–H groups in total. The first-order valence-corrected chi connectivity index (χ1v) is 10.4. The van der Waals surface area contributed by atoms with E-state index in [0.29, 0.717) is 37.9 Å². The Morgan fingerprint density at radius 2 is 1.87 bits per heavy atom. The van der Waals surface area contributed by atoms with Crippen LogP contribution >= 0.6 is 0 Å². The van der Waals surface area contributed by atoms with Crippen molar-refractivity contribution in [1.29, 1.82) is 0 Å². The number of halogens is 1. The Bertz CT molecular complexity index is 669. The van der Waals surface area contributed by atoms with E-state index in [4.69, 9.17) is 9.84 Å². The van der Waals surface area contributed by atoms with Crippen LogP contribution < -0.4 is 4.74 Å². The number of benzene rings is 1. The molecule has 1 saturated carbocycles. The van der Waals surface area contributed by atoms with Gasteiger partial charge in [-0.25, -0.2) is 4.39 Å². The van der Waals surface area contributed by atoms with E-state index in [1.807, 2.05) is 37.3 Å². The molecule has 1 aromatic rings. The standard InChI is InChI=1S/C23H33FO5.Pr/c1-16-7-6-8-18(13-16)29-15-17(24)11-12-20-19(21(25)14-22(20)26)9-4-2-3-5-10-23(27)28;/h2-3,6-8,13,17,19-22,25-26H,4-5,9-12,14-15H2,1H3,(H,27,28);/b3-2+;. The summed E-state index contributed by atoms with van der Waals surface area (Å²) >= 11 is 0. The van der Waals surface area contributed by atoms with Crippen LogP contribution in [-0.2, 0) is 4.79 Å². The summed E-state index contributed by atoms with van der Waals surface area (Å²) < 4.78 is 19.8. The molecule has 2 rings (SSSR count). The summed E-state index contributed by atoms with van der Waals surface area (Å²) in [5.74, 6) is -0.374. The van der Waals surface area contributed by atoms with Crippen LogP contribution in [0.25, 0.3) is 0 Å². The Labute approximate surface area is 211 Å². The number of aliphatic carboxylic acids is 1. The summed E-state index contributed by atoms with van der Waals surface area (Å²) in [7, 11) is 0. The van der Waals surface area contributed by atoms with Crippen LogP contribution in [0, 0.1) is 60.1 Å². The van der Waals surface area contributed by atoms with Crippen molar-refractivity contribution >= 4 is 5.97 Å². The minimum Gasteiger partial charge on any atom is -0.491 e. The molecule has 165 valence electrons. The van der Waals surface area contributed by atoms with Gasteiger partial charge >= 0.3 is 5.97 Å². The molecular weight excluding hydrogens is 516 g/mol. The molecule has 0 amide bonds. The van der Waals surface area contributed by atoms with Crippen molar-refractivity contribution in [2.75, 3.05) is 6.61 Å². The molecule has 7 heteroatoms. The number of hydrogen-bond acceptors (Lipinski definition) is 4. The number of ether oxygens (including phenoxy) is 1. The average molecular weight is 549 g/mol. The van der Waals surface area contributed by atoms with Crippen molar-refractivity contribution in [2.24, 2.45) is 11.8 Å². The Morgan fingerprint density at radius 3 is 2.53 bits per heavy atom. The van der Waals surface area contributed by atoms with Crippen molar-refractivity contribution in [1.82, 2.24) is 0 Å². The Morgan fingerprint density at radius 1 is 1.20 bits per heavy atom. The van der Waals surface area contributed by atoms with Crippen LogP contribution in [0.2, 0.25) is 0 Å². The minimum atomic E-state index is -1.13. The predicted molar refractivity (Wildman–Crippen MR) is 110 cm³/mol. The quantitative estimate of drug-likeness (QED) is 0.343. The molecule has 1 aliphatic rings. The van der Waals surface area contributed by atoms with E-state index in [0.717, 1.165) is 5.56 Å². The number of hydrogen-bond donors (Lipinski definition) is 3. The van der Waals surface area contributed by atoms with Crippen LogP contribution in [-0.4, -0.2) is 46.3 Å². The van der Waals surface area contributed by atoms with E-state index in [1.165, 1.54) is 0 Å². The number of aliphatic hydroxyl groups excluding tert-OH is 2. The number of carbonyl (C=O) groups is 1. The number of carboxylic acids is 1. The fraction of sp³-hybridized carbons (Fsp3) is 0.609. The van der Waals surface area contributed by atoms with Gasteiger partial charge in [0.05, 0.1) is 12.2 Å². The summed E-state index contributed by atoms with van der Waals surface area (Å²) in [6.45, 7) is 1.93. The van der Waals surface area contributed by atoms with Crippen LogP contribution in [0.3, 0.4) is 0 Å². The first-order valence-electron chi connectivity index (χ1n) is 10.4. The van der Waals surface area contributed by atoms with Gasteiger partial charge in [0, 0.05) is 47.7 Å². The SMILES string of the molecule is Cc1cccc(OCC(F)CCC2C(O)CC(O)C2CC/C=C/CCC(=O)O)c1.[Pr]. The number of aryl methyl sites for hydroxylation is 1. The number of alkyl halides is 1. The van der Waals surface area contributed by atoms with Gasteiger partial charge in [-0.1, -0.05) is 24.3 Å². The molecule has 1 aromatic carbocycles. The van der Waals surface area contributed by atoms with Crippen molar-refractivity contribution in [3.8, 4) is 5.75 Å². The van der Waals surface area contributed by atoms with Gasteiger partial charge in [-0.05, 0) is 75.0 Å². The van der Waals surface area contributed by atoms with Crippen LogP contribution in [0.5, 0.6) is 5.75 Å². The third-order valence-electron chi connectivity index (χ3n) is 5.61. The van der Waals surface area contributed by atoms with Gasteiger partial charge in [0.2, 0.25) is 0 Å². The summed E-state index contributed by atoms with van der Waals surface area (Å²) in [5.41, 5.74) is 1.06. The summed E-state index contributed by atoms with van der Waals surface area (Å²) in [4.78, 5) is 10.5. The predicted octanol–water partition coefficient (Wildman–Crippen LogP) is 4.05. The molecule has 0 bridgehead atoms. The number of carboxylic acid groups (broad SMARTS) is 1. The van der Waals surface area contributed by atoms with Crippen LogP contribution in [0.1, 0.15) is 50.5 Å². The van der Waals surface area contributed by atoms with E-state index in [2.05, 4.69) is 0 Å². The van der Waals surface area contributed by atoms with Gasteiger partial charge in [0.15, 0.2) is 0 Å². The number of allylic oxidation sites excluding steroid dienone is 2. The fourth-order valence-corrected chi connectivity index (χ4v) is 4.06. The fourth-order valence-electron chi connectivity index (χ4n) is 4.06. The van der Waals surface area contributed by atoms with Gasteiger partial charge in [-0.15, -0.1) is 0 Å². The Kier molecular flexibility index (Phi) is 13.3. The molecule has 0 spiro atoms. The molecule has 0 aliphatic heterocycles. The Hall–Kier alpha value is -0.556. The van der Waals surface area contributed by atoms with E-state index in [9.17, 15) is 19.4 Å². The van der Waals surface area contributed by atoms with Gasteiger partial charge in [0.25, 0.3) is 0 Å². The van der Waals surface area contributed by atoms with E-state index in [1.54, 1.807) is 6.07 Å². The molecule has 5 nitrogen and oxygen atoms in total. The molecule has 5 unspecified atom stereocenters. The topological polar surface area (TPSA) is 87.0 Å². The zero-order valence-electron chi connectivity index (χ0n) is 17.6. The van der Waals surface area contributed by atoms with Crippen molar-refractivity contribution in [3.63, 3.8) is 0 Å². The molecule has 1 aliphatic carbocycles. The van der Waals surface area contributed by atoms with E-state index >= 15 is 0 Å². The maximum Gasteiger partial charge on any atom is 0.303 e. The molecule has 0 aromatic heterocycles. The third-order valence-corrected chi connectivity index (χ3v) is 5.61. The first-order chi connectivity index (χ1) is 13.9. The van der Waals surface area contributed by atoms with Crippen molar-refractivity contribution < 1.29 is 70.5 Å². The zero-order valence-corrected chi connectivity index (χ0v) is 21.3. The number of rotatable bonds is 12. The smallest absolute Gasteiger partial charge is 0.303 e. The minimum absolute atomic E-state index is 0. The third kappa shape index (κ3) is 9.72. The molecular formula is C23H33FO5Pr. The second-order valence-corrected chi connectivity index (χ2v) is 7.98. The van der Waals surface area contributed by atoms with Gasteiger partial charge in [-0.2, -0.15) is 0 Å². The monoisotopic (exact) mass is 549 g/mol.